The first-order valence-corrected chi connectivity index (χ1v) is 7.15. The molecule has 2 aromatic rings. The second-order valence-corrected chi connectivity index (χ2v) is 5.33. The molecule has 5 heteroatoms. The molecule has 1 aromatic carbocycles. The van der Waals surface area contributed by atoms with Gasteiger partial charge in [-0.1, -0.05) is 35.5 Å². The first-order chi connectivity index (χ1) is 9.85. The highest BCUT2D eigenvalue weighted by Crippen LogP contribution is 2.19. The van der Waals surface area contributed by atoms with E-state index in [1.165, 1.54) is 0 Å². The molecule has 0 bridgehead atoms. The van der Waals surface area contributed by atoms with Crippen LogP contribution in [0.2, 0.25) is 0 Å². The van der Waals surface area contributed by atoms with Gasteiger partial charge in [0, 0.05) is 5.56 Å². The minimum atomic E-state index is 0.664. The van der Waals surface area contributed by atoms with Gasteiger partial charge in [-0.3, -0.25) is 4.90 Å². The lowest BCUT2D eigenvalue weighted by Gasteiger charge is -2.30. The second kappa shape index (κ2) is 6.15. The van der Waals surface area contributed by atoms with Crippen LogP contribution in [-0.2, 0) is 6.54 Å². The van der Waals surface area contributed by atoms with E-state index in [1.807, 2.05) is 30.3 Å². The number of benzene rings is 1. The number of aromatic nitrogens is 2. The maximum atomic E-state index is 5.71. The van der Waals surface area contributed by atoms with E-state index in [0.717, 1.165) is 44.6 Å². The molecule has 3 rings (SSSR count). The van der Waals surface area contributed by atoms with E-state index >= 15 is 0 Å². The Balaban J connectivity index is 1.61. The summed E-state index contributed by atoms with van der Waals surface area (Å²) in [6.45, 7) is 3.65. The summed E-state index contributed by atoms with van der Waals surface area (Å²) in [6.07, 6.45) is 2.33. The predicted molar refractivity (Wildman–Crippen MR) is 76.8 cm³/mol. The standard InChI is InChI=1S/C15H20N4O/c16-10-12-6-8-19(9-7-12)11-14-17-15(18-20-14)13-4-2-1-3-5-13/h1-5,12H,6-11,16H2. The van der Waals surface area contributed by atoms with Crippen LogP contribution in [0, 0.1) is 5.92 Å². The van der Waals surface area contributed by atoms with Crippen LogP contribution in [0.15, 0.2) is 34.9 Å². The zero-order valence-electron chi connectivity index (χ0n) is 11.5. The SMILES string of the molecule is NCC1CCN(Cc2nc(-c3ccccc3)no2)CC1. The molecule has 2 N–H and O–H groups in total. The smallest absolute Gasteiger partial charge is 0.241 e. The number of hydrogen-bond donors (Lipinski definition) is 1. The third-order valence-corrected chi connectivity index (χ3v) is 3.90. The number of nitrogens with zero attached hydrogens (tertiary/aromatic N) is 3. The monoisotopic (exact) mass is 272 g/mol. The van der Waals surface area contributed by atoms with E-state index in [1.54, 1.807) is 0 Å². The Labute approximate surface area is 118 Å². The lowest BCUT2D eigenvalue weighted by molar-refractivity contribution is 0.161. The van der Waals surface area contributed by atoms with Gasteiger partial charge < -0.3 is 10.3 Å². The van der Waals surface area contributed by atoms with E-state index in [9.17, 15) is 0 Å². The minimum Gasteiger partial charge on any atom is -0.338 e. The highest BCUT2D eigenvalue weighted by Gasteiger charge is 2.20. The molecule has 20 heavy (non-hydrogen) atoms. The van der Waals surface area contributed by atoms with Crippen LogP contribution in [0.1, 0.15) is 18.7 Å². The Bertz CT molecular complexity index is 532. The van der Waals surface area contributed by atoms with Crippen molar-refractivity contribution in [2.45, 2.75) is 19.4 Å². The van der Waals surface area contributed by atoms with Crippen LogP contribution in [0.25, 0.3) is 11.4 Å². The Morgan fingerprint density at radius 2 is 1.95 bits per heavy atom. The molecule has 0 spiro atoms. The number of rotatable bonds is 4. The summed E-state index contributed by atoms with van der Waals surface area (Å²) < 4.78 is 5.35. The minimum absolute atomic E-state index is 0.664. The van der Waals surface area contributed by atoms with Crippen LogP contribution >= 0.6 is 0 Å². The lowest BCUT2D eigenvalue weighted by atomic mass is 9.97. The van der Waals surface area contributed by atoms with Crippen LogP contribution in [0.5, 0.6) is 0 Å². The van der Waals surface area contributed by atoms with E-state index in [0.29, 0.717) is 17.6 Å². The van der Waals surface area contributed by atoms with Gasteiger partial charge in [-0.05, 0) is 38.4 Å². The molecule has 0 amide bonds. The molecule has 1 saturated heterocycles. The van der Waals surface area contributed by atoms with Gasteiger partial charge in [0.1, 0.15) is 0 Å². The maximum absolute atomic E-state index is 5.71. The van der Waals surface area contributed by atoms with Crippen molar-refractivity contribution in [2.24, 2.45) is 11.7 Å². The molecule has 5 nitrogen and oxygen atoms in total. The average Bonchev–Trinajstić information content (AvgIpc) is 2.97. The van der Waals surface area contributed by atoms with Crippen molar-refractivity contribution in [3.63, 3.8) is 0 Å². The summed E-state index contributed by atoms with van der Waals surface area (Å²) in [5.74, 6) is 2.03. The van der Waals surface area contributed by atoms with Crippen LogP contribution in [0.4, 0.5) is 0 Å². The molecular weight excluding hydrogens is 252 g/mol. The molecular formula is C15H20N4O. The maximum Gasteiger partial charge on any atom is 0.241 e. The summed E-state index contributed by atoms with van der Waals surface area (Å²) >= 11 is 0. The van der Waals surface area contributed by atoms with Gasteiger partial charge in [0.15, 0.2) is 0 Å². The molecule has 1 aromatic heterocycles. The molecule has 1 aliphatic heterocycles. The number of nitrogens with two attached hydrogens (primary N) is 1. The van der Waals surface area contributed by atoms with Gasteiger partial charge in [0.2, 0.25) is 11.7 Å². The van der Waals surface area contributed by atoms with Crippen molar-refractivity contribution in [3.05, 3.63) is 36.2 Å². The van der Waals surface area contributed by atoms with Crippen LogP contribution in [-0.4, -0.2) is 34.7 Å². The fourth-order valence-corrected chi connectivity index (χ4v) is 2.60. The topological polar surface area (TPSA) is 68.2 Å². The first-order valence-electron chi connectivity index (χ1n) is 7.15. The number of piperidine rings is 1. The summed E-state index contributed by atoms with van der Waals surface area (Å²) in [7, 11) is 0. The summed E-state index contributed by atoms with van der Waals surface area (Å²) in [6, 6.07) is 9.90. The predicted octanol–water partition coefficient (Wildman–Crippen LogP) is 1.91. The van der Waals surface area contributed by atoms with Gasteiger partial charge in [-0.25, -0.2) is 0 Å². The third kappa shape index (κ3) is 3.05. The van der Waals surface area contributed by atoms with Gasteiger partial charge in [-0.15, -0.1) is 0 Å². The number of likely N-dealkylation sites (tertiary alicyclic amines) is 1. The highest BCUT2D eigenvalue weighted by atomic mass is 16.5. The van der Waals surface area contributed by atoms with Gasteiger partial charge in [0.05, 0.1) is 6.54 Å². The molecule has 0 atom stereocenters. The Morgan fingerprint density at radius 1 is 1.20 bits per heavy atom. The molecule has 0 unspecified atom stereocenters. The normalized spacial score (nSPS) is 17.4. The second-order valence-electron chi connectivity index (χ2n) is 5.33. The van der Waals surface area contributed by atoms with Crippen molar-refractivity contribution < 1.29 is 4.52 Å². The van der Waals surface area contributed by atoms with E-state index in [4.69, 9.17) is 10.3 Å². The molecule has 1 fully saturated rings. The quantitative estimate of drug-likeness (QED) is 0.920. The summed E-state index contributed by atoms with van der Waals surface area (Å²) in [4.78, 5) is 6.83. The summed E-state index contributed by atoms with van der Waals surface area (Å²) in [5.41, 5.74) is 6.70. The Kier molecular flexibility index (Phi) is 4.08. The zero-order chi connectivity index (χ0) is 13.8. The molecule has 1 aliphatic rings. The van der Waals surface area contributed by atoms with Crippen molar-refractivity contribution in [3.8, 4) is 11.4 Å². The first kappa shape index (κ1) is 13.3. The van der Waals surface area contributed by atoms with Crippen LogP contribution < -0.4 is 5.73 Å². The molecule has 0 radical (unpaired) electrons. The zero-order valence-corrected chi connectivity index (χ0v) is 11.5. The van der Waals surface area contributed by atoms with E-state index in [2.05, 4.69) is 15.0 Å². The van der Waals surface area contributed by atoms with Crippen molar-refractivity contribution in [2.75, 3.05) is 19.6 Å². The Morgan fingerprint density at radius 3 is 2.65 bits per heavy atom. The van der Waals surface area contributed by atoms with Gasteiger partial charge in [-0.2, -0.15) is 4.98 Å². The molecule has 106 valence electrons. The van der Waals surface area contributed by atoms with Crippen molar-refractivity contribution in [1.82, 2.24) is 15.0 Å². The van der Waals surface area contributed by atoms with Crippen molar-refractivity contribution in [1.29, 1.82) is 0 Å². The van der Waals surface area contributed by atoms with E-state index < -0.39 is 0 Å². The van der Waals surface area contributed by atoms with Gasteiger partial charge in [0.25, 0.3) is 0 Å². The third-order valence-electron chi connectivity index (χ3n) is 3.90. The fraction of sp³-hybridized carbons (Fsp3) is 0.467. The number of hydrogen-bond acceptors (Lipinski definition) is 5. The average molecular weight is 272 g/mol. The van der Waals surface area contributed by atoms with Crippen LogP contribution in [0.3, 0.4) is 0 Å². The fourth-order valence-electron chi connectivity index (χ4n) is 2.60. The molecule has 2 heterocycles. The van der Waals surface area contributed by atoms with Gasteiger partial charge >= 0.3 is 0 Å². The molecule has 0 aliphatic carbocycles. The van der Waals surface area contributed by atoms with E-state index in [-0.39, 0.29) is 0 Å². The lowest BCUT2D eigenvalue weighted by Crippen LogP contribution is -2.35. The highest BCUT2D eigenvalue weighted by molar-refractivity contribution is 5.53. The molecule has 0 saturated carbocycles. The van der Waals surface area contributed by atoms with Crippen molar-refractivity contribution >= 4 is 0 Å². The largest absolute Gasteiger partial charge is 0.338 e. The Hall–Kier alpha value is -1.72. The summed E-state index contributed by atoms with van der Waals surface area (Å²) in [5, 5.41) is 4.05.